The van der Waals surface area contributed by atoms with Crippen molar-refractivity contribution < 1.29 is 4.79 Å². The normalized spacial score (nSPS) is 11.9. The molecule has 0 bridgehead atoms. The molecule has 0 aliphatic rings. The van der Waals surface area contributed by atoms with E-state index in [9.17, 15) is 4.79 Å². The monoisotopic (exact) mass is 265 g/mol. The summed E-state index contributed by atoms with van der Waals surface area (Å²) in [6.07, 6.45) is 0.944. The van der Waals surface area contributed by atoms with Gasteiger partial charge in [-0.25, -0.2) is 0 Å². The smallest absolute Gasteiger partial charge is 0.176 e. The van der Waals surface area contributed by atoms with Crippen LogP contribution < -0.4 is 11.1 Å². The summed E-state index contributed by atoms with van der Waals surface area (Å²) in [7, 11) is 0. The predicted molar refractivity (Wildman–Crippen MR) is 72.7 cm³/mol. The number of benzene rings is 1. The first-order chi connectivity index (χ1) is 8.49. The Morgan fingerprint density at radius 3 is 2.83 bits per heavy atom. The molecule has 1 rings (SSSR count). The highest BCUT2D eigenvalue weighted by Gasteiger charge is 2.12. The number of hydrogen-bond acceptors (Lipinski definition) is 4. The summed E-state index contributed by atoms with van der Waals surface area (Å²) in [5.41, 5.74) is 6.47. The van der Waals surface area contributed by atoms with Gasteiger partial charge in [0.1, 0.15) is 6.07 Å². The Morgan fingerprint density at radius 1 is 1.61 bits per heavy atom. The van der Waals surface area contributed by atoms with Gasteiger partial charge in [-0.3, -0.25) is 4.79 Å². The molecule has 3 N–H and O–H groups in total. The number of rotatable bonds is 5. The number of Topliss-reactive ketones (excluding diaryl/α,β-unsaturated/α-hetero) is 1. The number of nitrogens with two attached hydrogens (primary N) is 1. The fourth-order valence-electron chi connectivity index (χ4n) is 1.38. The minimum atomic E-state index is -0.103. The number of halogens is 1. The number of carbonyl (C=O) groups excluding carboxylic acids is 1. The summed E-state index contributed by atoms with van der Waals surface area (Å²) in [5.74, 6) is -0.103. The van der Waals surface area contributed by atoms with E-state index < -0.39 is 0 Å². The third kappa shape index (κ3) is 3.46. The van der Waals surface area contributed by atoms with Gasteiger partial charge in [0, 0.05) is 11.6 Å². The minimum Gasteiger partial charge on any atom is -0.396 e. The molecule has 0 aliphatic carbocycles. The van der Waals surface area contributed by atoms with Crippen molar-refractivity contribution in [2.24, 2.45) is 0 Å². The van der Waals surface area contributed by atoms with E-state index in [1.165, 1.54) is 12.1 Å². The molecule has 0 amide bonds. The van der Waals surface area contributed by atoms with Gasteiger partial charge in [0.15, 0.2) is 5.78 Å². The molecule has 0 aromatic heterocycles. The highest BCUT2D eigenvalue weighted by atomic mass is 35.5. The third-order valence-electron chi connectivity index (χ3n) is 2.80. The van der Waals surface area contributed by atoms with Crippen LogP contribution in [0, 0.1) is 11.3 Å². The molecular weight excluding hydrogens is 250 g/mol. The summed E-state index contributed by atoms with van der Waals surface area (Å²) in [6, 6.07) is 5.17. The maximum Gasteiger partial charge on any atom is 0.176 e. The van der Waals surface area contributed by atoms with E-state index >= 15 is 0 Å². The second kappa shape index (κ2) is 6.39. The quantitative estimate of drug-likeness (QED) is 0.633. The first-order valence-electron chi connectivity index (χ1n) is 5.75. The van der Waals surface area contributed by atoms with E-state index in [0.717, 1.165) is 6.42 Å². The second-order valence-electron chi connectivity index (χ2n) is 4.14. The molecule has 0 radical (unpaired) electrons. The lowest BCUT2D eigenvalue weighted by Crippen LogP contribution is -2.30. The van der Waals surface area contributed by atoms with Crippen LogP contribution in [0.1, 0.15) is 36.2 Å². The van der Waals surface area contributed by atoms with Crippen molar-refractivity contribution in [1.82, 2.24) is 5.32 Å². The minimum absolute atomic E-state index is 0.103. The largest absolute Gasteiger partial charge is 0.396 e. The fraction of sp³-hybridized carbons (Fsp3) is 0.385. The zero-order valence-corrected chi connectivity index (χ0v) is 11.2. The second-order valence-corrected chi connectivity index (χ2v) is 4.55. The highest BCUT2D eigenvalue weighted by Crippen LogP contribution is 2.24. The highest BCUT2D eigenvalue weighted by molar-refractivity contribution is 6.33. The molecule has 0 saturated carbocycles. The van der Waals surface area contributed by atoms with Crippen LogP contribution in [0.3, 0.4) is 0 Å². The Morgan fingerprint density at radius 2 is 2.28 bits per heavy atom. The van der Waals surface area contributed by atoms with Crippen molar-refractivity contribution in [3.05, 3.63) is 28.3 Å². The summed E-state index contributed by atoms with van der Waals surface area (Å²) in [6.45, 7) is 4.26. The van der Waals surface area contributed by atoms with Crippen LogP contribution in [0.2, 0.25) is 5.02 Å². The SMILES string of the molecule is CCC(C)NCC(=O)c1cc(Cl)c(N)c(C#N)c1. The number of ketones is 1. The van der Waals surface area contributed by atoms with Crippen LogP contribution in [0.15, 0.2) is 12.1 Å². The molecule has 0 fully saturated rings. The Kier molecular flexibility index (Phi) is 5.14. The first-order valence-corrected chi connectivity index (χ1v) is 6.13. The molecule has 0 aliphatic heterocycles. The number of nitrogens with zero attached hydrogens (tertiary/aromatic N) is 1. The lowest BCUT2D eigenvalue weighted by atomic mass is 10.1. The summed E-state index contributed by atoms with van der Waals surface area (Å²) in [5, 5.41) is 12.2. The van der Waals surface area contributed by atoms with Crippen LogP contribution >= 0.6 is 11.6 Å². The Labute approximate surface area is 112 Å². The molecule has 4 nitrogen and oxygen atoms in total. The molecule has 1 unspecified atom stereocenters. The van der Waals surface area contributed by atoms with E-state index in [2.05, 4.69) is 5.32 Å². The van der Waals surface area contributed by atoms with Crippen molar-refractivity contribution in [3.8, 4) is 6.07 Å². The standard InChI is InChI=1S/C13H16ClN3O/c1-3-8(2)17-7-12(18)9-4-10(6-15)13(16)11(14)5-9/h4-5,8,17H,3,7,16H2,1-2H3. The Bertz CT molecular complexity index is 494. The van der Waals surface area contributed by atoms with E-state index in [1.807, 2.05) is 19.9 Å². The van der Waals surface area contributed by atoms with Crippen molar-refractivity contribution in [2.75, 3.05) is 12.3 Å². The van der Waals surface area contributed by atoms with Crippen LogP contribution in [0.5, 0.6) is 0 Å². The zero-order valence-electron chi connectivity index (χ0n) is 10.5. The molecule has 5 heteroatoms. The zero-order chi connectivity index (χ0) is 13.7. The van der Waals surface area contributed by atoms with E-state index in [1.54, 1.807) is 0 Å². The molecule has 1 aromatic carbocycles. The van der Waals surface area contributed by atoms with Gasteiger partial charge in [-0.05, 0) is 25.5 Å². The van der Waals surface area contributed by atoms with Crippen LogP contribution in [0.4, 0.5) is 5.69 Å². The number of nitriles is 1. The van der Waals surface area contributed by atoms with Crippen LogP contribution in [-0.2, 0) is 0 Å². The Balaban J connectivity index is 2.87. The number of nitrogens with one attached hydrogen (secondary N) is 1. The predicted octanol–water partition coefficient (Wildman–Crippen LogP) is 2.36. The van der Waals surface area contributed by atoms with Gasteiger partial charge in [0.25, 0.3) is 0 Å². The first kappa shape index (κ1) is 14.5. The molecule has 96 valence electrons. The van der Waals surface area contributed by atoms with Gasteiger partial charge in [-0.15, -0.1) is 0 Å². The van der Waals surface area contributed by atoms with Gasteiger partial charge in [-0.2, -0.15) is 5.26 Å². The van der Waals surface area contributed by atoms with Crippen LogP contribution in [0.25, 0.3) is 0 Å². The molecule has 0 saturated heterocycles. The maximum absolute atomic E-state index is 11.9. The lowest BCUT2D eigenvalue weighted by Gasteiger charge is -2.11. The summed E-state index contributed by atoms with van der Waals surface area (Å²) in [4.78, 5) is 11.9. The number of nitrogen functional groups attached to an aromatic ring is 1. The molecule has 0 heterocycles. The van der Waals surface area contributed by atoms with E-state index in [0.29, 0.717) is 5.56 Å². The number of hydrogen-bond donors (Lipinski definition) is 2. The third-order valence-corrected chi connectivity index (χ3v) is 3.11. The van der Waals surface area contributed by atoms with E-state index in [4.69, 9.17) is 22.6 Å². The lowest BCUT2D eigenvalue weighted by molar-refractivity contribution is 0.0987. The fourth-order valence-corrected chi connectivity index (χ4v) is 1.60. The van der Waals surface area contributed by atoms with Crippen molar-refractivity contribution in [2.45, 2.75) is 26.3 Å². The molecule has 1 atom stereocenters. The molecule has 1 aromatic rings. The molecule has 18 heavy (non-hydrogen) atoms. The van der Waals surface area contributed by atoms with Crippen molar-refractivity contribution >= 4 is 23.1 Å². The summed E-state index contributed by atoms with van der Waals surface area (Å²) >= 11 is 5.88. The van der Waals surface area contributed by atoms with Crippen molar-refractivity contribution in [3.63, 3.8) is 0 Å². The van der Waals surface area contributed by atoms with Crippen LogP contribution in [-0.4, -0.2) is 18.4 Å². The topological polar surface area (TPSA) is 78.9 Å². The van der Waals surface area contributed by atoms with Gasteiger partial charge in [-0.1, -0.05) is 18.5 Å². The summed E-state index contributed by atoms with van der Waals surface area (Å²) < 4.78 is 0. The molecule has 0 spiro atoms. The van der Waals surface area contributed by atoms with Gasteiger partial charge in [0.05, 0.1) is 22.8 Å². The van der Waals surface area contributed by atoms with Gasteiger partial charge in [0.2, 0.25) is 0 Å². The van der Waals surface area contributed by atoms with Crippen molar-refractivity contribution in [1.29, 1.82) is 5.26 Å². The number of anilines is 1. The van der Waals surface area contributed by atoms with Gasteiger partial charge < -0.3 is 11.1 Å². The average Bonchev–Trinajstić information content (AvgIpc) is 2.38. The average molecular weight is 266 g/mol. The van der Waals surface area contributed by atoms with E-state index in [-0.39, 0.29) is 34.6 Å². The molecular formula is C13H16ClN3O. The maximum atomic E-state index is 11.9. The van der Waals surface area contributed by atoms with Gasteiger partial charge >= 0.3 is 0 Å². The Hall–Kier alpha value is -1.57. The number of carbonyl (C=O) groups is 1.